The molecule has 0 saturated carbocycles. The molecule has 3 N–H and O–H groups in total. The number of amides is 1. The third kappa shape index (κ3) is 7.29. The largest absolute Gasteiger partial charge is 0.312 e. The van der Waals surface area contributed by atoms with Crippen molar-refractivity contribution < 1.29 is 10.0 Å². The van der Waals surface area contributed by atoms with E-state index < -0.39 is 0 Å². The topological polar surface area (TPSA) is 61.4 Å². The molecule has 0 unspecified atom stereocenters. The molecule has 0 aliphatic heterocycles. The van der Waals surface area contributed by atoms with Crippen molar-refractivity contribution in [2.24, 2.45) is 0 Å². The average molecular weight is 160 g/mol. The zero-order valence-electron chi connectivity index (χ0n) is 7.27. The lowest BCUT2D eigenvalue weighted by Gasteiger charge is -2.19. The van der Waals surface area contributed by atoms with Crippen LogP contribution in [0.15, 0.2) is 0 Å². The van der Waals surface area contributed by atoms with Gasteiger partial charge in [0, 0.05) is 18.5 Å². The molecule has 0 rings (SSSR count). The normalized spacial score (nSPS) is 11.3. The first kappa shape index (κ1) is 10.4. The molecule has 4 nitrogen and oxygen atoms in total. The van der Waals surface area contributed by atoms with E-state index in [-0.39, 0.29) is 11.4 Å². The third-order valence-electron chi connectivity index (χ3n) is 1.13. The highest BCUT2D eigenvalue weighted by Crippen LogP contribution is 1.97. The standard InChI is InChI=1S/C7H16N2O2/c1-7(2,3)8-5-4-6(10)9-11/h8,11H,4-5H2,1-3H3,(H,9,10). The summed E-state index contributed by atoms with van der Waals surface area (Å²) < 4.78 is 0. The molecule has 0 atom stereocenters. The van der Waals surface area contributed by atoms with Crippen LogP contribution in [0, 0.1) is 0 Å². The van der Waals surface area contributed by atoms with Crippen LogP contribution < -0.4 is 10.8 Å². The second-order valence-corrected chi connectivity index (χ2v) is 3.46. The van der Waals surface area contributed by atoms with Crippen LogP contribution >= 0.6 is 0 Å². The van der Waals surface area contributed by atoms with E-state index >= 15 is 0 Å². The Morgan fingerprint density at radius 2 is 2.00 bits per heavy atom. The van der Waals surface area contributed by atoms with Crippen molar-refractivity contribution in [3.8, 4) is 0 Å². The Hall–Kier alpha value is -0.610. The van der Waals surface area contributed by atoms with E-state index in [0.717, 1.165) is 0 Å². The fourth-order valence-electron chi connectivity index (χ4n) is 0.607. The third-order valence-corrected chi connectivity index (χ3v) is 1.13. The fraction of sp³-hybridized carbons (Fsp3) is 0.857. The smallest absolute Gasteiger partial charge is 0.244 e. The molecule has 0 saturated heterocycles. The first-order valence-electron chi connectivity index (χ1n) is 3.63. The van der Waals surface area contributed by atoms with Crippen molar-refractivity contribution in [3.05, 3.63) is 0 Å². The van der Waals surface area contributed by atoms with Crippen molar-refractivity contribution in [3.63, 3.8) is 0 Å². The molecule has 0 spiro atoms. The first-order chi connectivity index (χ1) is 4.95. The summed E-state index contributed by atoms with van der Waals surface area (Å²) in [6.07, 6.45) is 0.299. The van der Waals surface area contributed by atoms with Gasteiger partial charge in [-0.1, -0.05) is 0 Å². The molecule has 66 valence electrons. The van der Waals surface area contributed by atoms with Crippen LogP contribution in [0.2, 0.25) is 0 Å². The summed E-state index contributed by atoms with van der Waals surface area (Å²) in [5.41, 5.74) is 1.60. The van der Waals surface area contributed by atoms with Gasteiger partial charge in [-0.2, -0.15) is 0 Å². The molecule has 0 heterocycles. The number of carbonyl (C=O) groups excluding carboxylic acids is 1. The van der Waals surface area contributed by atoms with Gasteiger partial charge in [0.25, 0.3) is 0 Å². The fourth-order valence-corrected chi connectivity index (χ4v) is 0.607. The molecule has 0 aromatic heterocycles. The van der Waals surface area contributed by atoms with Gasteiger partial charge in [-0.15, -0.1) is 0 Å². The number of carbonyl (C=O) groups is 1. The van der Waals surface area contributed by atoms with Crippen LogP contribution in [0.4, 0.5) is 0 Å². The van der Waals surface area contributed by atoms with Gasteiger partial charge >= 0.3 is 0 Å². The van der Waals surface area contributed by atoms with Crippen molar-refractivity contribution in [2.75, 3.05) is 6.54 Å². The molecule has 0 fully saturated rings. The highest BCUT2D eigenvalue weighted by atomic mass is 16.5. The predicted octanol–water partition coefficient (Wildman–Crippen LogP) is 0.270. The Labute approximate surface area is 66.9 Å². The van der Waals surface area contributed by atoms with Gasteiger partial charge in [0.1, 0.15) is 0 Å². The van der Waals surface area contributed by atoms with Gasteiger partial charge < -0.3 is 5.32 Å². The molecule has 0 radical (unpaired) electrons. The lowest BCUT2D eigenvalue weighted by molar-refractivity contribution is -0.129. The molecule has 0 aromatic carbocycles. The summed E-state index contributed by atoms with van der Waals surface area (Å²) >= 11 is 0. The van der Waals surface area contributed by atoms with Crippen molar-refractivity contribution in [1.29, 1.82) is 0 Å². The van der Waals surface area contributed by atoms with Crippen LogP contribution in [0.3, 0.4) is 0 Å². The number of hydrogen-bond donors (Lipinski definition) is 3. The maximum absolute atomic E-state index is 10.5. The molecule has 0 aliphatic rings. The summed E-state index contributed by atoms with van der Waals surface area (Å²) in [5, 5.41) is 11.3. The van der Waals surface area contributed by atoms with Gasteiger partial charge in [0.2, 0.25) is 5.91 Å². The summed E-state index contributed by atoms with van der Waals surface area (Å²) in [7, 11) is 0. The van der Waals surface area contributed by atoms with Crippen LogP contribution in [-0.4, -0.2) is 23.2 Å². The van der Waals surface area contributed by atoms with Crippen molar-refractivity contribution >= 4 is 5.91 Å². The number of nitrogens with one attached hydrogen (secondary N) is 2. The van der Waals surface area contributed by atoms with E-state index in [2.05, 4.69) is 5.32 Å². The first-order valence-corrected chi connectivity index (χ1v) is 3.63. The van der Waals surface area contributed by atoms with E-state index in [0.29, 0.717) is 13.0 Å². The average Bonchev–Trinajstić information content (AvgIpc) is 1.85. The van der Waals surface area contributed by atoms with Gasteiger partial charge in [0.15, 0.2) is 0 Å². The monoisotopic (exact) mass is 160 g/mol. The number of hydroxylamine groups is 1. The maximum Gasteiger partial charge on any atom is 0.244 e. The quantitative estimate of drug-likeness (QED) is 0.410. The van der Waals surface area contributed by atoms with E-state index in [1.54, 1.807) is 5.48 Å². The van der Waals surface area contributed by atoms with Crippen LogP contribution in [-0.2, 0) is 4.79 Å². The summed E-state index contributed by atoms with van der Waals surface area (Å²) in [6.45, 7) is 6.63. The summed E-state index contributed by atoms with van der Waals surface area (Å²) in [4.78, 5) is 10.5. The lowest BCUT2D eigenvalue weighted by atomic mass is 10.1. The van der Waals surface area contributed by atoms with Gasteiger partial charge in [-0.05, 0) is 20.8 Å². The molecule has 11 heavy (non-hydrogen) atoms. The van der Waals surface area contributed by atoms with Crippen molar-refractivity contribution in [1.82, 2.24) is 10.8 Å². The molecule has 0 bridgehead atoms. The van der Waals surface area contributed by atoms with Crippen LogP contribution in [0.25, 0.3) is 0 Å². The zero-order chi connectivity index (χ0) is 8.91. The lowest BCUT2D eigenvalue weighted by Crippen LogP contribution is -2.38. The number of hydrogen-bond acceptors (Lipinski definition) is 3. The Balaban J connectivity index is 3.35. The predicted molar refractivity (Wildman–Crippen MR) is 42.3 cm³/mol. The summed E-state index contributed by atoms with van der Waals surface area (Å²) in [5.74, 6) is -0.359. The SMILES string of the molecule is CC(C)(C)NCCC(=O)NO. The Bertz CT molecular complexity index is 129. The van der Waals surface area contributed by atoms with Gasteiger partial charge in [-0.25, -0.2) is 5.48 Å². The second kappa shape index (κ2) is 4.31. The van der Waals surface area contributed by atoms with E-state index in [1.807, 2.05) is 20.8 Å². The van der Waals surface area contributed by atoms with Gasteiger partial charge in [0.05, 0.1) is 0 Å². The van der Waals surface area contributed by atoms with Crippen LogP contribution in [0.1, 0.15) is 27.2 Å². The highest BCUT2D eigenvalue weighted by molar-refractivity contribution is 5.74. The second-order valence-electron chi connectivity index (χ2n) is 3.46. The Morgan fingerprint density at radius 1 is 1.45 bits per heavy atom. The highest BCUT2D eigenvalue weighted by Gasteiger charge is 2.08. The number of rotatable bonds is 3. The maximum atomic E-state index is 10.5. The minimum atomic E-state index is -0.359. The molecular weight excluding hydrogens is 144 g/mol. The minimum absolute atomic E-state index is 0.0235. The molecule has 0 aliphatic carbocycles. The summed E-state index contributed by atoms with van der Waals surface area (Å²) in [6, 6.07) is 0. The van der Waals surface area contributed by atoms with Crippen LogP contribution in [0.5, 0.6) is 0 Å². The van der Waals surface area contributed by atoms with E-state index in [1.165, 1.54) is 0 Å². The molecule has 0 aromatic rings. The van der Waals surface area contributed by atoms with Gasteiger partial charge in [-0.3, -0.25) is 10.0 Å². The Morgan fingerprint density at radius 3 is 2.36 bits per heavy atom. The van der Waals surface area contributed by atoms with E-state index in [9.17, 15) is 4.79 Å². The van der Waals surface area contributed by atoms with E-state index in [4.69, 9.17) is 5.21 Å². The minimum Gasteiger partial charge on any atom is -0.312 e. The molecule has 1 amide bonds. The molecular formula is C7H16N2O2. The Kier molecular flexibility index (Phi) is 4.07. The molecule has 4 heteroatoms. The van der Waals surface area contributed by atoms with Crippen molar-refractivity contribution in [2.45, 2.75) is 32.7 Å². The zero-order valence-corrected chi connectivity index (χ0v) is 7.27.